The van der Waals surface area contributed by atoms with Crippen LogP contribution in [0.2, 0.25) is 0 Å². The van der Waals surface area contributed by atoms with Crippen LogP contribution in [0.3, 0.4) is 0 Å². The molecule has 0 bridgehead atoms. The highest BCUT2D eigenvalue weighted by Crippen LogP contribution is 2.24. The van der Waals surface area contributed by atoms with E-state index in [1.165, 1.54) is 24.3 Å². The van der Waals surface area contributed by atoms with E-state index in [0.717, 1.165) is 6.26 Å². The number of benzene rings is 1. The molecule has 0 saturated carbocycles. The molecule has 16 heavy (non-hydrogen) atoms. The molecule has 1 aromatic carbocycles. The summed E-state index contributed by atoms with van der Waals surface area (Å²) in [5, 5.41) is 9.01. The third-order valence-electron chi connectivity index (χ3n) is 2.54. The Kier molecular flexibility index (Phi) is 3.10. The van der Waals surface area contributed by atoms with Crippen LogP contribution in [-0.2, 0) is 20.0 Å². The van der Waals surface area contributed by atoms with E-state index in [9.17, 15) is 13.2 Å². The van der Waals surface area contributed by atoms with Crippen molar-refractivity contribution in [3.05, 3.63) is 29.8 Å². The summed E-state index contributed by atoms with van der Waals surface area (Å²) in [5.41, 5.74) is -0.442. The molecule has 0 spiro atoms. The molecule has 0 heterocycles. The Hall–Kier alpha value is -1.36. The van der Waals surface area contributed by atoms with Gasteiger partial charge in [-0.15, -0.1) is 0 Å². The summed E-state index contributed by atoms with van der Waals surface area (Å²) < 4.78 is 22.4. The fourth-order valence-electron chi connectivity index (χ4n) is 1.24. The molecule has 0 amide bonds. The number of sulfone groups is 1. The van der Waals surface area contributed by atoms with Crippen molar-refractivity contribution >= 4 is 15.8 Å². The van der Waals surface area contributed by atoms with E-state index in [1.54, 1.807) is 13.8 Å². The fourth-order valence-corrected chi connectivity index (χ4v) is 1.87. The maximum atomic E-state index is 11.2. The van der Waals surface area contributed by atoms with Gasteiger partial charge >= 0.3 is 5.97 Å². The zero-order valence-electron chi connectivity index (χ0n) is 9.39. The molecule has 0 aromatic heterocycles. The van der Waals surface area contributed by atoms with Crippen molar-refractivity contribution < 1.29 is 18.3 Å². The van der Waals surface area contributed by atoms with Gasteiger partial charge in [0.2, 0.25) is 0 Å². The van der Waals surface area contributed by atoms with Gasteiger partial charge in [0, 0.05) is 6.26 Å². The lowest BCUT2D eigenvalue weighted by atomic mass is 9.85. The quantitative estimate of drug-likeness (QED) is 0.870. The van der Waals surface area contributed by atoms with Crippen molar-refractivity contribution in [2.24, 2.45) is 0 Å². The number of hydrogen-bond donors (Lipinski definition) is 1. The van der Waals surface area contributed by atoms with E-state index in [-0.39, 0.29) is 4.90 Å². The standard InChI is InChI=1S/C11H14O4S/c1-11(2,10(12)13)8-4-6-9(7-5-8)16(3,14)15/h4-7H,1-3H3,(H,12,13). The van der Waals surface area contributed by atoms with Crippen molar-refractivity contribution in [3.63, 3.8) is 0 Å². The van der Waals surface area contributed by atoms with E-state index in [4.69, 9.17) is 5.11 Å². The molecule has 0 fully saturated rings. The van der Waals surface area contributed by atoms with Crippen LogP contribution < -0.4 is 0 Å². The zero-order chi connectivity index (χ0) is 12.6. The van der Waals surface area contributed by atoms with E-state index < -0.39 is 21.2 Å². The molecule has 0 radical (unpaired) electrons. The van der Waals surface area contributed by atoms with Gasteiger partial charge in [-0.25, -0.2) is 8.42 Å². The highest BCUT2D eigenvalue weighted by molar-refractivity contribution is 7.90. The number of hydrogen-bond acceptors (Lipinski definition) is 3. The smallest absolute Gasteiger partial charge is 0.313 e. The van der Waals surface area contributed by atoms with Gasteiger partial charge in [-0.2, -0.15) is 0 Å². The normalized spacial score (nSPS) is 12.4. The molecule has 0 aliphatic rings. The predicted octanol–water partition coefficient (Wildman–Crippen LogP) is 1.45. The summed E-state index contributed by atoms with van der Waals surface area (Å²) in [4.78, 5) is 11.2. The average molecular weight is 242 g/mol. The zero-order valence-corrected chi connectivity index (χ0v) is 10.2. The Labute approximate surface area is 94.8 Å². The van der Waals surface area contributed by atoms with Crippen molar-refractivity contribution in [3.8, 4) is 0 Å². The summed E-state index contributed by atoms with van der Waals surface area (Å²) in [6, 6.07) is 5.92. The van der Waals surface area contributed by atoms with Gasteiger partial charge in [0.05, 0.1) is 10.3 Å². The lowest BCUT2D eigenvalue weighted by molar-refractivity contribution is -0.142. The number of carboxylic acid groups (broad SMARTS) is 1. The molecule has 1 rings (SSSR count). The van der Waals surface area contributed by atoms with E-state index in [2.05, 4.69) is 0 Å². The van der Waals surface area contributed by atoms with Crippen LogP contribution in [0.1, 0.15) is 19.4 Å². The topological polar surface area (TPSA) is 71.4 Å². The molecule has 1 aromatic rings. The fraction of sp³-hybridized carbons (Fsp3) is 0.364. The van der Waals surface area contributed by atoms with Gasteiger partial charge in [0.25, 0.3) is 0 Å². The third kappa shape index (κ3) is 2.41. The molecule has 0 unspecified atom stereocenters. The molecule has 5 heteroatoms. The van der Waals surface area contributed by atoms with Crippen LogP contribution >= 0.6 is 0 Å². The molecule has 4 nitrogen and oxygen atoms in total. The second-order valence-corrected chi connectivity index (χ2v) is 6.24. The Bertz CT molecular complexity index is 497. The average Bonchev–Trinajstić information content (AvgIpc) is 2.16. The minimum Gasteiger partial charge on any atom is -0.481 e. The lowest BCUT2D eigenvalue weighted by Crippen LogP contribution is -2.28. The first-order valence-electron chi connectivity index (χ1n) is 4.69. The molecule has 88 valence electrons. The molecular formula is C11H14O4S. The minimum atomic E-state index is -3.23. The van der Waals surface area contributed by atoms with Crippen LogP contribution in [0.5, 0.6) is 0 Å². The molecule has 0 atom stereocenters. The number of carboxylic acids is 1. The van der Waals surface area contributed by atoms with Crippen molar-refractivity contribution in [2.45, 2.75) is 24.2 Å². The minimum absolute atomic E-state index is 0.192. The van der Waals surface area contributed by atoms with Crippen LogP contribution in [0.4, 0.5) is 0 Å². The van der Waals surface area contributed by atoms with Gasteiger partial charge in [-0.05, 0) is 31.5 Å². The first-order valence-corrected chi connectivity index (χ1v) is 6.59. The van der Waals surface area contributed by atoms with Crippen LogP contribution in [0.25, 0.3) is 0 Å². The highest BCUT2D eigenvalue weighted by atomic mass is 32.2. The maximum absolute atomic E-state index is 11.2. The van der Waals surface area contributed by atoms with E-state index in [1.807, 2.05) is 0 Å². The largest absolute Gasteiger partial charge is 0.481 e. The van der Waals surface area contributed by atoms with Crippen molar-refractivity contribution in [2.75, 3.05) is 6.26 Å². The first kappa shape index (κ1) is 12.7. The maximum Gasteiger partial charge on any atom is 0.313 e. The number of aliphatic carboxylic acids is 1. The summed E-state index contributed by atoms with van der Waals surface area (Å²) in [6.07, 6.45) is 1.12. The van der Waals surface area contributed by atoms with Gasteiger partial charge in [0.15, 0.2) is 9.84 Å². The SMILES string of the molecule is CC(C)(C(=O)O)c1ccc(S(C)(=O)=O)cc1. The predicted molar refractivity (Wildman–Crippen MR) is 60.2 cm³/mol. The Morgan fingerprint density at radius 1 is 1.19 bits per heavy atom. The van der Waals surface area contributed by atoms with Crippen molar-refractivity contribution in [1.82, 2.24) is 0 Å². The van der Waals surface area contributed by atoms with Crippen LogP contribution in [0.15, 0.2) is 29.2 Å². The summed E-state index contributed by atoms with van der Waals surface area (Å²) in [6.45, 7) is 3.15. The first-order chi connectivity index (χ1) is 7.15. The third-order valence-corrected chi connectivity index (χ3v) is 3.67. The Morgan fingerprint density at radius 3 is 1.94 bits per heavy atom. The monoisotopic (exact) mass is 242 g/mol. The Morgan fingerprint density at radius 2 is 1.62 bits per heavy atom. The van der Waals surface area contributed by atoms with Gasteiger partial charge in [-0.1, -0.05) is 12.1 Å². The second-order valence-electron chi connectivity index (χ2n) is 4.23. The summed E-state index contributed by atoms with van der Waals surface area (Å²) >= 11 is 0. The van der Waals surface area contributed by atoms with Gasteiger partial charge in [0.1, 0.15) is 0 Å². The molecule has 0 aliphatic carbocycles. The molecule has 0 aliphatic heterocycles. The number of carbonyl (C=O) groups is 1. The summed E-state index contributed by atoms with van der Waals surface area (Å²) in [7, 11) is -3.23. The van der Waals surface area contributed by atoms with Crippen LogP contribution in [-0.4, -0.2) is 25.7 Å². The lowest BCUT2D eigenvalue weighted by Gasteiger charge is -2.19. The van der Waals surface area contributed by atoms with Gasteiger partial charge < -0.3 is 5.11 Å². The van der Waals surface area contributed by atoms with E-state index >= 15 is 0 Å². The second kappa shape index (κ2) is 3.90. The number of rotatable bonds is 3. The van der Waals surface area contributed by atoms with Crippen molar-refractivity contribution in [1.29, 1.82) is 0 Å². The van der Waals surface area contributed by atoms with E-state index in [0.29, 0.717) is 5.56 Å². The molecular weight excluding hydrogens is 228 g/mol. The summed E-state index contributed by atoms with van der Waals surface area (Å²) in [5.74, 6) is -0.945. The Balaban J connectivity index is 3.19. The molecule has 1 N–H and O–H groups in total. The highest BCUT2D eigenvalue weighted by Gasteiger charge is 2.29. The van der Waals surface area contributed by atoms with Crippen LogP contribution in [0, 0.1) is 0 Å². The molecule has 0 saturated heterocycles. The van der Waals surface area contributed by atoms with Gasteiger partial charge in [-0.3, -0.25) is 4.79 Å².